The summed E-state index contributed by atoms with van der Waals surface area (Å²) in [4.78, 5) is 44.2. The number of aromatic nitrogens is 1. The van der Waals surface area contributed by atoms with Crippen LogP contribution in [0.15, 0.2) is 72.3 Å². The van der Waals surface area contributed by atoms with Crippen LogP contribution >= 0.6 is 11.3 Å². The van der Waals surface area contributed by atoms with E-state index in [4.69, 9.17) is 9.47 Å². The van der Waals surface area contributed by atoms with Gasteiger partial charge in [-0.05, 0) is 60.2 Å². The van der Waals surface area contributed by atoms with Crippen molar-refractivity contribution in [1.82, 2.24) is 4.98 Å². The van der Waals surface area contributed by atoms with Crippen molar-refractivity contribution in [1.29, 1.82) is 0 Å². The van der Waals surface area contributed by atoms with E-state index in [-0.39, 0.29) is 22.0 Å². The fourth-order valence-corrected chi connectivity index (χ4v) is 5.18. The second kappa shape index (κ2) is 9.47. The summed E-state index contributed by atoms with van der Waals surface area (Å²) in [6, 6.07) is 15.5. The summed E-state index contributed by atoms with van der Waals surface area (Å²) in [5.41, 5.74) is 1.34. The molecule has 0 bridgehead atoms. The minimum absolute atomic E-state index is 0.147. The van der Waals surface area contributed by atoms with E-state index >= 15 is 0 Å². The Labute approximate surface area is 214 Å². The van der Waals surface area contributed by atoms with Crippen LogP contribution in [0.1, 0.15) is 27.5 Å². The summed E-state index contributed by atoms with van der Waals surface area (Å²) in [5.74, 6) is -2.63. The minimum atomic E-state index is -1.06. The summed E-state index contributed by atoms with van der Waals surface area (Å²) < 4.78 is 24.2. The number of aliphatic hydroxyl groups excluding tert-OH is 1. The highest BCUT2D eigenvalue weighted by molar-refractivity contribution is 7.22. The third-order valence-corrected chi connectivity index (χ3v) is 7.02. The van der Waals surface area contributed by atoms with Crippen molar-refractivity contribution in [3.63, 3.8) is 0 Å². The molecule has 1 aliphatic heterocycles. The average molecular weight is 519 g/mol. The quantitative estimate of drug-likeness (QED) is 0.174. The van der Waals surface area contributed by atoms with Crippen LogP contribution in [-0.4, -0.2) is 42.0 Å². The Morgan fingerprint density at radius 2 is 1.68 bits per heavy atom. The number of rotatable bonds is 5. The molecule has 2 heterocycles. The maximum absolute atomic E-state index is 13.8. The van der Waals surface area contributed by atoms with Crippen molar-refractivity contribution < 1.29 is 33.4 Å². The number of methoxy groups -OCH3 is 2. The normalized spacial score (nSPS) is 16.8. The number of benzene rings is 3. The number of ether oxygens (including phenoxy) is 2. The molecule has 1 fully saturated rings. The summed E-state index contributed by atoms with van der Waals surface area (Å²) >= 11 is 1.05. The maximum Gasteiger partial charge on any atom is 0.337 e. The lowest BCUT2D eigenvalue weighted by Gasteiger charge is -2.23. The minimum Gasteiger partial charge on any atom is -0.507 e. The topological polar surface area (TPSA) is 106 Å². The first-order valence-corrected chi connectivity index (χ1v) is 11.8. The van der Waals surface area contributed by atoms with Gasteiger partial charge in [0.25, 0.3) is 5.78 Å². The van der Waals surface area contributed by atoms with Crippen molar-refractivity contribution in [3.05, 3.63) is 94.8 Å². The fraction of sp³-hybridized carbons (Fsp3) is 0.111. The van der Waals surface area contributed by atoms with Gasteiger partial charge in [-0.1, -0.05) is 23.5 Å². The van der Waals surface area contributed by atoms with Crippen molar-refractivity contribution in [2.75, 3.05) is 19.1 Å². The van der Waals surface area contributed by atoms with Crippen LogP contribution in [0.5, 0.6) is 5.75 Å². The molecular formula is C27H19FN2O6S. The van der Waals surface area contributed by atoms with E-state index in [0.29, 0.717) is 27.1 Å². The number of hydrogen-bond donors (Lipinski definition) is 1. The van der Waals surface area contributed by atoms with Crippen molar-refractivity contribution >= 4 is 50.1 Å². The highest BCUT2D eigenvalue weighted by Crippen LogP contribution is 2.44. The number of aliphatic hydroxyl groups is 1. The second-order valence-corrected chi connectivity index (χ2v) is 9.13. The molecule has 186 valence electrons. The zero-order valence-electron chi connectivity index (χ0n) is 19.6. The third kappa shape index (κ3) is 4.21. The van der Waals surface area contributed by atoms with Gasteiger partial charge in [-0.3, -0.25) is 14.5 Å². The predicted octanol–water partition coefficient (Wildman–Crippen LogP) is 4.86. The number of carbonyl (C=O) groups is 3. The van der Waals surface area contributed by atoms with Crippen LogP contribution in [0.2, 0.25) is 0 Å². The van der Waals surface area contributed by atoms with Crippen LogP contribution in [0.3, 0.4) is 0 Å². The standard InChI is InChI=1S/C27H19FN2O6S/c1-35-18-10-7-15(8-11-18)23(31)21-22(14-3-5-16(6-4-14)26(34)36-2)30(25(33)24(21)32)27-29-19-12-9-17(28)13-20(19)37-27/h3-13,22,31H,1-2H3. The molecule has 0 spiro atoms. The number of esters is 1. The number of Topliss-reactive ketones (excluding diaryl/α,β-unsaturated/α-hetero) is 1. The van der Waals surface area contributed by atoms with Crippen LogP contribution in [0.4, 0.5) is 9.52 Å². The summed E-state index contributed by atoms with van der Waals surface area (Å²) in [6.07, 6.45) is 0. The molecule has 1 amide bonds. The molecule has 0 radical (unpaired) electrons. The largest absolute Gasteiger partial charge is 0.507 e. The number of nitrogens with zero attached hydrogens (tertiary/aromatic N) is 2. The Balaban J connectivity index is 1.69. The van der Waals surface area contributed by atoms with Gasteiger partial charge in [-0.15, -0.1) is 0 Å². The Kier molecular flexibility index (Phi) is 6.18. The van der Waals surface area contributed by atoms with Gasteiger partial charge in [0, 0.05) is 5.56 Å². The maximum atomic E-state index is 13.8. The van der Waals surface area contributed by atoms with Gasteiger partial charge in [0.2, 0.25) is 0 Å². The van der Waals surface area contributed by atoms with Gasteiger partial charge >= 0.3 is 11.9 Å². The van der Waals surface area contributed by atoms with Crippen LogP contribution in [0, 0.1) is 5.82 Å². The lowest BCUT2D eigenvalue weighted by Crippen LogP contribution is -2.29. The Morgan fingerprint density at radius 1 is 1.00 bits per heavy atom. The van der Waals surface area contributed by atoms with Gasteiger partial charge < -0.3 is 14.6 Å². The highest BCUT2D eigenvalue weighted by Gasteiger charge is 2.48. The van der Waals surface area contributed by atoms with E-state index in [1.807, 2.05) is 0 Å². The van der Waals surface area contributed by atoms with E-state index in [9.17, 15) is 23.9 Å². The molecule has 10 heteroatoms. The predicted molar refractivity (Wildman–Crippen MR) is 135 cm³/mol. The number of hydrogen-bond acceptors (Lipinski definition) is 8. The molecule has 37 heavy (non-hydrogen) atoms. The van der Waals surface area contributed by atoms with Gasteiger partial charge in [-0.25, -0.2) is 14.2 Å². The molecule has 3 aromatic carbocycles. The van der Waals surface area contributed by atoms with E-state index < -0.39 is 29.5 Å². The Hall–Kier alpha value is -4.57. The molecular weight excluding hydrogens is 499 g/mol. The average Bonchev–Trinajstić information content (AvgIpc) is 3.45. The molecule has 1 unspecified atom stereocenters. The number of ketones is 1. The molecule has 1 atom stereocenters. The molecule has 1 aromatic heterocycles. The number of fused-ring (bicyclic) bond motifs is 1. The molecule has 0 saturated carbocycles. The second-order valence-electron chi connectivity index (χ2n) is 8.12. The zero-order valence-corrected chi connectivity index (χ0v) is 20.4. The van der Waals surface area contributed by atoms with Gasteiger partial charge in [0.15, 0.2) is 5.13 Å². The molecule has 8 nitrogen and oxygen atoms in total. The lowest BCUT2D eigenvalue weighted by atomic mass is 9.94. The number of thiazole rings is 1. The number of carbonyl (C=O) groups excluding carboxylic acids is 3. The number of anilines is 1. The molecule has 1 N–H and O–H groups in total. The smallest absolute Gasteiger partial charge is 0.337 e. The van der Waals surface area contributed by atoms with E-state index in [0.717, 1.165) is 11.3 Å². The third-order valence-electron chi connectivity index (χ3n) is 6.00. The Morgan fingerprint density at radius 3 is 2.32 bits per heavy atom. The van der Waals surface area contributed by atoms with E-state index in [1.165, 1.54) is 49.5 Å². The molecule has 1 aliphatic rings. The fourth-order valence-electron chi connectivity index (χ4n) is 4.16. The first kappa shape index (κ1) is 24.1. The molecule has 1 saturated heterocycles. The van der Waals surface area contributed by atoms with Gasteiger partial charge in [0.1, 0.15) is 17.3 Å². The first-order chi connectivity index (χ1) is 17.8. The molecule has 4 aromatic rings. The summed E-state index contributed by atoms with van der Waals surface area (Å²) in [5, 5.41) is 11.4. The summed E-state index contributed by atoms with van der Waals surface area (Å²) in [7, 11) is 2.76. The SMILES string of the molecule is COC(=O)c1ccc(C2C(=C(O)c3ccc(OC)cc3)C(=O)C(=O)N2c2nc3ccc(F)cc3s2)cc1. The van der Waals surface area contributed by atoms with Crippen LogP contribution in [0.25, 0.3) is 16.0 Å². The van der Waals surface area contributed by atoms with Crippen molar-refractivity contribution in [2.24, 2.45) is 0 Å². The van der Waals surface area contributed by atoms with Gasteiger partial charge in [0.05, 0.1) is 41.6 Å². The zero-order chi connectivity index (χ0) is 26.3. The highest BCUT2D eigenvalue weighted by atomic mass is 32.1. The summed E-state index contributed by atoms with van der Waals surface area (Å²) in [6.45, 7) is 0. The first-order valence-electron chi connectivity index (χ1n) is 11.0. The monoisotopic (exact) mass is 518 g/mol. The van der Waals surface area contributed by atoms with E-state index in [2.05, 4.69) is 4.98 Å². The number of amides is 1. The molecule has 0 aliphatic carbocycles. The number of halogens is 1. The van der Waals surface area contributed by atoms with Crippen LogP contribution in [-0.2, 0) is 14.3 Å². The van der Waals surface area contributed by atoms with Crippen LogP contribution < -0.4 is 9.64 Å². The molecule has 5 rings (SSSR count). The van der Waals surface area contributed by atoms with Gasteiger partial charge in [-0.2, -0.15) is 0 Å². The van der Waals surface area contributed by atoms with Crippen molar-refractivity contribution in [2.45, 2.75) is 6.04 Å². The Bertz CT molecular complexity index is 1580. The van der Waals surface area contributed by atoms with Crippen molar-refractivity contribution in [3.8, 4) is 5.75 Å². The lowest BCUT2D eigenvalue weighted by molar-refractivity contribution is -0.132. The van der Waals surface area contributed by atoms with E-state index in [1.54, 1.807) is 36.4 Å².